The van der Waals surface area contributed by atoms with Crippen LogP contribution in [-0.4, -0.2) is 11.9 Å². The van der Waals surface area contributed by atoms with Crippen LogP contribution in [0.5, 0.6) is 5.75 Å². The van der Waals surface area contributed by atoms with Gasteiger partial charge in [-0.25, -0.2) is 0 Å². The Morgan fingerprint density at radius 3 is 2.71 bits per heavy atom. The fourth-order valence-corrected chi connectivity index (χ4v) is 3.65. The lowest BCUT2D eigenvalue weighted by atomic mass is 9.76. The lowest BCUT2D eigenvalue weighted by Gasteiger charge is -2.31. The summed E-state index contributed by atoms with van der Waals surface area (Å²) in [6, 6.07) is 8.45. The minimum Gasteiger partial charge on any atom is -0.493 e. The summed E-state index contributed by atoms with van der Waals surface area (Å²) in [7, 11) is 0. The quantitative estimate of drug-likeness (QED) is 0.740. The summed E-state index contributed by atoms with van der Waals surface area (Å²) < 4.78 is 5.75. The van der Waals surface area contributed by atoms with Crippen LogP contribution in [0.4, 0.5) is 0 Å². The third-order valence-electron chi connectivity index (χ3n) is 3.78. The standard InChI is InChI=1S/C15H21BrO/c1-15(2,3)12(9-16)8-11-10-17-14-7-5-4-6-13(11)14/h4-7,11-12H,8-10H2,1-3H3. The molecule has 2 rings (SSSR count). The number of halogens is 1. The van der Waals surface area contributed by atoms with E-state index in [9.17, 15) is 0 Å². The normalized spacial score (nSPS) is 20.8. The van der Waals surface area contributed by atoms with E-state index < -0.39 is 0 Å². The van der Waals surface area contributed by atoms with Crippen LogP contribution in [0.1, 0.15) is 38.7 Å². The number of ether oxygens (including phenoxy) is 1. The Hall–Kier alpha value is -0.500. The average molecular weight is 297 g/mol. The zero-order chi connectivity index (χ0) is 12.5. The molecule has 0 fully saturated rings. The Bertz CT molecular complexity index is 381. The SMILES string of the molecule is CC(C)(C)C(CBr)CC1COc2ccccc21. The van der Waals surface area contributed by atoms with E-state index in [1.807, 2.05) is 6.07 Å². The monoisotopic (exact) mass is 296 g/mol. The van der Waals surface area contributed by atoms with Crippen molar-refractivity contribution in [1.29, 1.82) is 0 Å². The van der Waals surface area contributed by atoms with E-state index in [1.54, 1.807) is 0 Å². The van der Waals surface area contributed by atoms with Gasteiger partial charge >= 0.3 is 0 Å². The third kappa shape index (κ3) is 2.85. The molecule has 0 aromatic heterocycles. The Morgan fingerprint density at radius 1 is 1.35 bits per heavy atom. The van der Waals surface area contributed by atoms with E-state index in [2.05, 4.69) is 54.9 Å². The maximum atomic E-state index is 5.75. The summed E-state index contributed by atoms with van der Waals surface area (Å²) >= 11 is 3.66. The van der Waals surface area contributed by atoms with Gasteiger partial charge in [0.2, 0.25) is 0 Å². The molecule has 94 valence electrons. The van der Waals surface area contributed by atoms with Gasteiger partial charge in [0.1, 0.15) is 5.75 Å². The van der Waals surface area contributed by atoms with Gasteiger partial charge in [-0.2, -0.15) is 0 Å². The predicted octanol–water partition coefficient (Wildman–Crippen LogP) is 4.61. The smallest absolute Gasteiger partial charge is 0.122 e. The summed E-state index contributed by atoms with van der Waals surface area (Å²) in [4.78, 5) is 0. The number of rotatable bonds is 3. The number of hydrogen-bond acceptors (Lipinski definition) is 1. The molecule has 2 atom stereocenters. The summed E-state index contributed by atoms with van der Waals surface area (Å²) in [6.07, 6.45) is 1.20. The molecule has 1 heterocycles. The molecule has 1 aromatic carbocycles. The van der Waals surface area contributed by atoms with Gasteiger partial charge in [0, 0.05) is 16.8 Å². The van der Waals surface area contributed by atoms with Gasteiger partial charge in [-0.1, -0.05) is 54.9 Å². The van der Waals surface area contributed by atoms with Crippen molar-refractivity contribution < 1.29 is 4.74 Å². The Kier molecular flexibility index (Phi) is 3.82. The topological polar surface area (TPSA) is 9.23 Å². The molecular formula is C15H21BrO. The summed E-state index contributed by atoms with van der Waals surface area (Å²) in [5.41, 5.74) is 1.74. The average Bonchev–Trinajstić information content (AvgIpc) is 2.67. The fraction of sp³-hybridized carbons (Fsp3) is 0.600. The van der Waals surface area contributed by atoms with Crippen molar-refractivity contribution >= 4 is 15.9 Å². The van der Waals surface area contributed by atoms with Gasteiger partial charge in [0.25, 0.3) is 0 Å². The Morgan fingerprint density at radius 2 is 2.06 bits per heavy atom. The van der Waals surface area contributed by atoms with E-state index in [1.165, 1.54) is 12.0 Å². The molecule has 1 aromatic rings. The molecule has 0 radical (unpaired) electrons. The van der Waals surface area contributed by atoms with Gasteiger partial charge in [-0.3, -0.25) is 0 Å². The molecule has 0 bridgehead atoms. The van der Waals surface area contributed by atoms with Crippen molar-refractivity contribution in [3.63, 3.8) is 0 Å². The fourth-order valence-electron chi connectivity index (χ4n) is 2.42. The first-order valence-corrected chi connectivity index (χ1v) is 7.42. The first kappa shape index (κ1) is 12.9. The Labute approximate surface area is 113 Å². The minimum absolute atomic E-state index is 0.348. The predicted molar refractivity (Wildman–Crippen MR) is 76.0 cm³/mol. The van der Waals surface area contributed by atoms with Crippen molar-refractivity contribution in [3.8, 4) is 5.75 Å². The van der Waals surface area contributed by atoms with Gasteiger partial charge < -0.3 is 4.74 Å². The maximum Gasteiger partial charge on any atom is 0.122 e. The molecule has 0 saturated carbocycles. The van der Waals surface area contributed by atoms with Crippen LogP contribution in [0.15, 0.2) is 24.3 Å². The molecule has 1 nitrogen and oxygen atoms in total. The second-order valence-electron chi connectivity index (χ2n) is 6.00. The number of benzene rings is 1. The molecule has 0 aliphatic carbocycles. The molecule has 2 heteroatoms. The molecule has 2 unspecified atom stereocenters. The number of para-hydroxylation sites is 1. The highest BCUT2D eigenvalue weighted by molar-refractivity contribution is 9.09. The first-order valence-electron chi connectivity index (χ1n) is 6.30. The third-order valence-corrected chi connectivity index (χ3v) is 4.56. The highest BCUT2D eigenvalue weighted by Gasteiger charge is 2.31. The van der Waals surface area contributed by atoms with Crippen LogP contribution in [0.2, 0.25) is 0 Å². The number of fused-ring (bicyclic) bond motifs is 1. The van der Waals surface area contributed by atoms with E-state index in [4.69, 9.17) is 4.74 Å². The van der Waals surface area contributed by atoms with Crippen molar-refractivity contribution in [2.24, 2.45) is 11.3 Å². The lowest BCUT2D eigenvalue weighted by molar-refractivity contribution is 0.223. The molecule has 1 aliphatic rings. The van der Waals surface area contributed by atoms with E-state index in [-0.39, 0.29) is 0 Å². The maximum absolute atomic E-state index is 5.75. The van der Waals surface area contributed by atoms with E-state index in [0.29, 0.717) is 17.3 Å². The van der Waals surface area contributed by atoms with Crippen LogP contribution < -0.4 is 4.74 Å². The van der Waals surface area contributed by atoms with Crippen molar-refractivity contribution in [3.05, 3.63) is 29.8 Å². The van der Waals surface area contributed by atoms with Crippen LogP contribution >= 0.6 is 15.9 Å². The van der Waals surface area contributed by atoms with Gasteiger partial charge in [-0.15, -0.1) is 0 Å². The van der Waals surface area contributed by atoms with Crippen molar-refractivity contribution in [2.45, 2.75) is 33.1 Å². The summed E-state index contributed by atoms with van der Waals surface area (Å²) in [6.45, 7) is 7.81. The zero-order valence-electron chi connectivity index (χ0n) is 10.9. The van der Waals surface area contributed by atoms with Crippen LogP contribution in [0, 0.1) is 11.3 Å². The highest BCUT2D eigenvalue weighted by atomic mass is 79.9. The Balaban J connectivity index is 2.11. The van der Waals surface area contributed by atoms with E-state index in [0.717, 1.165) is 17.7 Å². The highest BCUT2D eigenvalue weighted by Crippen LogP contribution is 2.41. The molecule has 0 N–H and O–H groups in total. The van der Waals surface area contributed by atoms with Crippen molar-refractivity contribution in [2.75, 3.05) is 11.9 Å². The van der Waals surface area contributed by atoms with E-state index >= 15 is 0 Å². The van der Waals surface area contributed by atoms with Gasteiger partial charge in [-0.05, 0) is 23.8 Å². The summed E-state index contributed by atoms with van der Waals surface area (Å²) in [5, 5.41) is 1.06. The van der Waals surface area contributed by atoms with Gasteiger partial charge in [0.15, 0.2) is 0 Å². The zero-order valence-corrected chi connectivity index (χ0v) is 12.5. The second-order valence-corrected chi connectivity index (χ2v) is 6.65. The molecule has 17 heavy (non-hydrogen) atoms. The first-order chi connectivity index (χ1) is 8.02. The summed E-state index contributed by atoms with van der Waals surface area (Å²) in [5.74, 6) is 2.33. The molecule has 1 aliphatic heterocycles. The van der Waals surface area contributed by atoms with Crippen molar-refractivity contribution in [1.82, 2.24) is 0 Å². The molecule has 0 amide bonds. The number of hydrogen-bond donors (Lipinski definition) is 0. The lowest BCUT2D eigenvalue weighted by Crippen LogP contribution is -2.24. The molecule has 0 saturated heterocycles. The molecule has 0 spiro atoms. The second kappa shape index (κ2) is 5.01. The van der Waals surface area contributed by atoms with Gasteiger partial charge in [0.05, 0.1) is 6.61 Å². The number of alkyl halides is 1. The minimum atomic E-state index is 0.348. The van der Waals surface area contributed by atoms with Crippen LogP contribution in [-0.2, 0) is 0 Å². The van der Waals surface area contributed by atoms with Crippen LogP contribution in [0.3, 0.4) is 0 Å². The largest absolute Gasteiger partial charge is 0.493 e. The molecular weight excluding hydrogens is 276 g/mol. The van der Waals surface area contributed by atoms with Crippen LogP contribution in [0.25, 0.3) is 0 Å².